The molecule has 6 heteroatoms. The lowest BCUT2D eigenvalue weighted by Crippen LogP contribution is -2.19. The van der Waals surface area contributed by atoms with Crippen LogP contribution in [0.5, 0.6) is 11.5 Å². The summed E-state index contributed by atoms with van der Waals surface area (Å²) < 4.78 is 4.85. The van der Waals surface area contributed by atoms with E-state index in [1.807, 2.05) is 0 Å². The lowest BCUT2D eigenvalue weighted by atomic mass is 10.2. The van der Waals surface area contributed by atoms with Crippen LogP contribution in [0.25, 0.3) is 5.76 Å². The van der Waals surface area contributed by atoms with E-state index in [1.165, 1.54) is 0 Å². The second-order valence-electron chi connectivity index (χ2n) is 2.79. The summed E-state index contributed by atoms with van der Waals surface area (Å²) in [6.45, 7) is -0.286. The fourth-order valence-corrected chi connectivity index (χ4v) is 1.17. The molecule has 0 spiro atoms. The van der Waals surface area contributed by atoms with Crippen LogP contribution in [0, 0.1) is 0 Å². The van der Waals surface area contributed by atoms with Gasteiger partial charge in [0.2, 0.25) is 0 Å². The van der Waals surface area contributed by atoms with Crippen LogP contribution in [0.4, 0.5) is 0 Å². The molecular weight excluding hydrogens is 190 g/mol. The normalized spacial score (nSPS) is 14.9. The van der Waals surface area contributed by atoms with Gasteiger partial charge in [0.05, 0.1) is 0 Å². The van der Waals surface area contributed by atoms with Gasteiger partial charge < -0.3 is 25.0 Å². The number of aromatic hydroxyl groups is 1. The molecule has 74 valence electrons. The number of ether oxygens (including phenoxy) is 1. The molecular formula is C8H7NO5. The number of aliphatic hydroxyl groups excluding tert-OH is 2. The van der Waals surface area contributed by atoms with Gasteiger partial charge in [-0.2, -0.15) is 0 Å². The van der Waals surface area contributed by atoms with Gasteiger partial charge in [-0.3, -0.25) is 4.79 Å². The van der Waals surface area contributed by atoms with Crippen molar-refractivity contribution >= 4 is 5.76 Å². The highest BCUT2D eigenvalue weighted by atomic mass is 16.5. The van der Waals surface area contributed by atoms with E-state index in [-0.39, 0.29) is 23.8 Å². The SMILES string of the molecule is O=c1c(O)c[nH]c2c1OCC(O)=C2O. The van der Waals surface area contributed by atoms with E-state index < -0.39 is 16.9 Å². The average Bonchev–Trinajstić information content (AvgIpc) is 2.17. The Hall–Kier alpha value is -2.11. The summed E-state index contributed by atoms with van der Waals surface area (Å²) in [4.78, 5) is 13.7. The molecule has 0 saturated heterocycles. The summed E-state index contributed by atoms with van der Waals surface area (Å²) in [5.74, 6) is -1.50. The third-order valence-corrected chi connectivity index (χ3v) is 1.88. The molecule has 0 bridgehead atoms. The molecule has 0 radical (unpaired) electrons. The molecule has 1 aromatic heterocycles. The topological polar surface area (TPSA) is 103 Å². The number of fused-ring (bicyclic) bond motifs is 1. The van der Waals surface area contributed by atoms with Gasteiger partial charge in [-0.25, -0.2) is 0 Å². The first-order valence-electron chi connectivity index (χ1n) is 3.80. The van der Waals surface area contributed by atoms with Crippen molar-refractivity contribution in [3.63, 3.8) is 0 Å². The highest BCUT2D eigenvalue weighted by Gasteiger charge is 2.23. The summed E-state index contributed by atoms with van der Waals surface area (Å²) in [6, 6.07) is 0. The van der Waals surface area contributed by atoms with Crippen LogP contribution in [0.1, 0.15) is 5.69 Å². The first-order valence-corrected chi connectivity index (χ1v) is 3.80. The van der Waals surface area contributed by atoms with Crippen LogP contribution in [0.3, 0.4) is 0 Å². The van der Waals surface area contributed by atoms with Crippen molar-refractivity contribution in [2.45, 2.75) is 0 Å². The van der Waals surface area contributed by atoms with E-state index in [2.05, 4.69) is 4.98 Å². The van der Waals surface area contributed by atoms with Crippen molar-refractivity contribution < 1.29 is 20.1 Å². The zero-order chi connectivity index (χ0) is 10.3. The minimum Gasteiger partial charge on any atom is -0.505 e. The van der Waals surface area contributed by atoms with Crippen molar-refractivity contribution in [2.24, 2.45) is 0 Å². The second kappa shape index (κ2) is 2.69. The molecule has 0 unspecified atom stereocenters. The Morgan fingerprint density at radius 2 is 2.07 bits per heavy atom. The van der Waals surface area contributed by atoms with E-state index in [9.17, 15) is 9.90 Å². The third kappa shape index (κ3) is 1.00. The predicted octanol–water partition coefficient (Wildman–Crippen LogP) is 0.257. The van der Waals surface area contributed by atoms with Gasteiger partial charge in [-0.1, -0.05) is 0 Å². The summed E-state index contributed by atoms with van der Waals surface area (Å²) in [5, 5.41) is 27.5. The van der Waals surface area contributed by atoms with Crippen molar-refractivity contribution in [1.82, 2.24) is 4.98 Å². The Kier molecular flexibility index (Phi) is 1.63. The van der Waals surface area contributed by atoms with Crippen molar-refractivity contribution in [3.8, 4) is 11.5 Å². The summed E-state index contributed by atoms with van der Waals surface area (Å²) in [5.41, 5.74) is -0.755. The Morgan fingerprint density at radius 3 is 2.79 bits per heavy atom. The molecule has 2 rings (SSSR count). The van der Waals surface area contributed by atoms with Crippen molar-refractivity contribution in [2.75, 3.05) is 6.61 Å². The van der Waals surface area contributed by atoms with Gasteiger partial charge in [0, 0.05) is 6.20 Å². The van der Waals surface area contributed by atoms with Crippen LogP contribution in [0.2, 0.25) is 0 Å². The zero-order valence-electron chi connectivity index (χ0n) is 6.94. The van der Waals surface area contributed by atoms with Gasteiger partial charge in [0.1, 0.15) is 12.3 Å². The molecule has 1 aromatic rings. The maximum absolute atomic E-state index is 11.3. The number of aliphatic hydroxyl groups is 2. The Bertz CT molecular complexity index is 473. The number of rotatable bonds is 0. The van der Waals surface area contributed by atoms with E-state index in [0.717, 1.165) is 6.20 Å². The molecule has 2 heterocycles. The largest absolute Gasteiger partial charge is 0.505 e. The number of H-pyrrole nitrogens is 1. The summed E-state index contributed by atoms with van der Waals surface area (Å²) in [7, 11) is 0. The van der Waals surface area contributed by atoms with Crippen LogP contribution in [-0.4, -0.2) is 26.9 Å². The molecule has 0 fully saturated rings. The maximum Gasteiger partial charge on any atom is 0.265 e. The summed E-state index contributed by atoms with van der Waals surface area (Å²) >= 11 is 0. The number of aromatic amines is 1. The smallest absolute Gasteiger partial charge is 0.265 e. The number of hydrogen-bond acceptors (Lipinski definition) is 5. The summed E-state index contributed by atoms with van der Waals surface area (Å²) in [6.07, 6.45) is 1.01. The standard InChI is InChI=1S/C8H7NO5/c10-3-1-9-5-6(12)4(11)2-14-8(5)7(3)13/h1,10-12H,2H2,(H,9,13). The van der Waals surface area contributed by atoms with Crippen LogP contribution < -0.4 is 10.2 Å². The van der Waals surface area contributed by atoms with Gasteiger partial charge >= 0.3 is 0 Å². The monoisotopic (exact) mass is 197 g/mol. The highest BCUT2D eigenvalue weighted by Crippen LogP contribution is 2.26. The average molecular weight is 197 g/mol. The Morgan fingerprint density at radius 1 is 1.36 bits per heavy atom. The molecule has 0 amide bonds. The van der Waals surface area contributed by atoms with Crippen LogP contribution in [-0.2, 0) is 0 Å². The predicted molar refractivity (Wildman–Crippen MR) is 46.4 cm³/mol. The molecule has 0 saturated carbocycles. The molecule has 14 heavy (non-hydrogen) atoms. The van der Waals surface area contributed by atoms with E-state index in [1.54, 1.807) is 0 Å². The minimum absolute atomic E-state index is 0.0310. The van der Waals surface area contributed by atoms with Gasteiger partial charge in [0.15, 0.2) is 23.0 Å². The first-order chi connectivity index (χ1) is 6.61. The van der Waals surface area contributed by atoms with Gasteiger partial charge in [-0.15, -0.1) is 0 Å². The Labute approximate surface area is 77.7 Å². The lowest BCUT2D eigenvalue weighted by Gasteiger charge is -2.16. The molecule has 0 atom stereocenters. The molecule has 0 aliphatic carbocycles. The molecule has 0 aromatic carbocycles. The highest BCUT2D eigenvalue weighted by molar-refractivity contribution is 5.65. The van der Waals surface area contributed by atoms with Gasteiger partial charge in [-0.05, 0) is 0 Å². The minimum atomic E-state index is -0.724. The van der Waals surface area contributed by atoms with E-state index in [0.29, 0.717) is 0 Å². The van der Waals surface area contributed by atoms with Crippen LogP contribution in [0.15, 0.2) is 16.8 Å². The fourth-order valence-electron chi connectivity index (χ4n) is 1.17. The second-order valence-corrected chi connectivity index (χ2v) is 2.79. The Balaban J connectivity index is 2.74. The van der Waals surface area contributed by atoms with E-state index >= 15 is 0 Å². The maximum atomic E-state index is 11.3. The molecule has 4 N–H and O–H groups in total. The van der Waals surface area contributed by atoms with Crippen molar-refractivity contribution in [1.29, 1.82) is 0 Å². The van der Waals surface area contributed by atoms with Gasteiger partial charge in [0.25, 0.3) is 5.43 Å². The van der Waals surface area contributed by atoms with Crippen molar-refractivity contribution in [3.05, 3.63) is 27.9 Å². The fraction of sp³-hybridized carbons (Fsp3) is 0.125. The third-order valence-electron chi connectivity index (χ3n) is 1.88. The quantitative estimate of drug-likeness (QED) is 0.477. The molecule has 6 nitrogen and oxygen atoms in total. The number of hydrogen-bond donors (Lipinski definition) is 4. The molecule has 1 aliphatic heterocycles. The lowest BCUT2D eigenvalue weighted by molar-refractivity contribution is 0.245. The number of aromatic nitrogens is 1. The molecule has 1 aliphatic rings. The zero-order valence-corrected chi connectivity index (χ0v) is 6.94. The first kappa shape index (κ1) is 8.49. The van der Waals surface area contributed by atoms with E-state index in [4.69, 9.17) is 14.9 Å². The number of pyridine rings is 1. The van der Waals surface area contributed by atoms with Crippen LogP contribution >= 0.6 is 0 Å². The number of nitrogens with one attached hydrogen (secondary N) is 1.